The number of rotatable bonds is 3. The molecule has 0 N–H and O–H groups in total. The molecule has 1 atom stereocenters. The van der Waals surface area contributed by atoms with Crippen molar-refractivity contribution in [3.05, 3.63) is 70.9 Å². The molecule has 0 aliphatic carbocycles. The molecule has 0 fully saturated rings. The van der Waals surface area contributed by atoms with Crippen LogP contribution in [0.3, 0.4) is 0 Å². The fourth-order valence-electron chi connectivity index (χ4n) is 2.63. The van der Waals surface area contributed by atoms with E-state index < -0.39 is 5.92 Å². The van der Waals surface area contributed by atoms with Gasteiger partial charge in [-0.1, -0.05) is 29.8 Å². The first-order chi connectivity index (χ1) is 10.6. The zero-order valence-corrected chi connectivity index (χ0v) is 12.7. The number of ketones is 1. The number of carbonyl (C=O) groups is 1. The average molecular weight is 309 g/mol. The first-order valence-electron chi connectivity index (χ1n) is 6.85. The summed E-state index contributed by atoms with van der Waals surface area (Å²) in [5, 5.41) is 11.1. The molecule has 1 aromatic heterocycles. The summed E-state index contributed by atoms with van der Waals surface area (Å²) in [4.78, 5) is 12.6. The Labute approximate surface area is 133 Å². The molecule has 108 valence electrons. The van der Waals surface area contributed by atoms with Gasteiger partial charge in [-0.3, -0.25) is 4.79 Å². The van der Waals surface area contributed by atoms with Gasteiger partial charge in [-0.05, 0) is 41.8 Å². The Morgan fingerprint density at radius 2 is 1.86 bits per heavy atom. The zero-order chi connectivity index (χ0) is 15.7. The van der Waals surface area contributed by atoms with Crippen molar-refractivity contribution in [2.75, 3.05) is 0 Å². The number of aromatic nitrogens is 1. The Kier molecular flexibility index (Phi) is 3.70. The van der Waals surface area contributed by atoms with Crippen LogP contribution in [0.1, 0.15) is 22.0 Å². The molecule has 2 aromatic carbocycles. The van der Waals surface area contributed by atoms with Gasteiger partial charge in [0.05, 0.1) is 6.07 Å². The SMILES string of the molecule is Cn1c(C(C#N)C(=O)c2ccc(Cl)cc2)cc2ccccc21. The predicted molar refractivity (Wildman–Crippen MR) is 87.1 cm³/mol. The molecule has 4 heteroatoms. The maximum atomic E-state index is 12.6. The summed E-state index contributed by atoms with van der Waals surface area (Å²) in [7, 11) is 1.87. The third-order valence-electron chi connectivity index (χ3n) is 3.80. The Balaban J connectivity index is 2.06. The normalized spacial score (nSPS) is 12.0. The predicted octanol–water partition coefficient (Wildman–Crippen LogP) is 4.32. The molecule has 0 amide bonds. The van der Waals surface area contributed by atoms with Gasteiger partial charge in [0.25, 0.3) is 0 Å². The Morgan fingerprint density at radius 1 is 1.18 bits per heavy atom. The van der Waals surface area contributed by atoms with Gasteiger partial charge >= 0.3 is 0 Å². The van der Waals surface area contributed by atoms with Crippen molar-refractivity contribution in [2.45, 2.75) is 5.92 Å². The van der Waals surface area contributed by atoms with E-state index in [9.17, 15) is 10.1 Å². The van der Waals surface area contributed by atoms with Crippen LogP contribution < -0.4 is 0 Å². The number of benzene rings is 2. The lowest BCUT2D eigenvalue weighted by Crippen LogP contribution is -2.14. The summed E-state index contributed by atoms with van der Waals surface area (Å²) >= 11 is 5.85. The monoisotopic (exact) mass is 308 g/mol. The molecule has 0 aliphatic heterocycles. The molecule has 22 heavy (non-hydrogen) atoms. The molecule has 0 bridgehead atoms. The molecule has 3 nitrogen and oxygen atoms in total. The van der Waals surface area contributed by atoms with E-state index in [1.165, 1.54) is 0 Å². The molecule has 3 rings (SSSR count). The number of hydrogen-bond acceptors (Lipinski definition) is 2. The Bertz CT molecular complexity index is 888. The number of halogens is 1. The highest BCUT2D eigenvalue weighted by Gasteiger charge is 2.25. The molecular formula is C18H13ClN2O. The molecule has 0 spiro atoms. The molecule has 1 heterocycles. The second kappa shape index (κ2) is 5.67. The van der Waals surface area contributed by atoms with Gasteiger partial charge < -0.3 is 4.57 Å². The van der Waals surface area contributed by atoms with Crippen molar-refractivity contribution in [1.29, 1.82) is 5.26 Å². The van der Waals surface area contributed by atoms with E-state index in [2.05, 4.69) is 6.07 Å². The van der Waals surface area contributed by atoms with Gasteiger partial charge in [-0.2, -0.15) is 5.26 Å². The van der Waals surface area contributed by atoms with E-state index >= 15 is 0 Å². The molecule has 3 aromatic rings. The topological polar surface area (TPSA) is 45.8 Å². The van der Waals surface area contributed by atoms with Gasteiger partial charge in [0.1, 0.15) is 5.92 Å². The lowest BCUT2D eigenvalue weighted by Gasteiger charge is -2.10. The third kappa shape index (κ3) is 2.38. The highest BCUT2D eigenvalue weighted by Crippen LogP contribution is 2.27. The van der Waals surface area contributed by atoms with Crippen molar-refractivity contribution in [3.8, 4) is 6.07 Å². The van der Waals surface area contributed by atoms with E-state index in [0.717, 1.165) is 10.9 Å². The van der Waals surface area contributed by atoms with Gasteiger partial charge in [0.15, 0.2) is 5.78 Å². The summed E-state index contributed by atoms with van der Waals surface area (Å²) < 4.78 is 1.90. The van der Waals surface area contributed by atoms with E-state index in [4.69, 9.17) is 11.6 Å². The highest BCUT2D eigenvalue weighted by molar-refractivity contribution is 6.30. The zero-order valence-electron chi connectivity index (χ0n) is 12.0. The smallest absolute Gasteiger partial charge is 0.185 e. The number of nitrogens with zero attached hydrogens (tertiary/aromatic N) is 2. The van der Waals surface area contributed by atoms with Gasteiger partial charge in [0, 0.05) is 28.8 Å². The van der Waals surface area contributed by atoms with Gasteiger partial charge in [-0.25, -0.2) is 0 Å². The van der Waals surface area contributed by atoms with Crippen LogP contribution in [0.15, 0.2) is 54.6 Å². The van der Waals surface area contributed by atoms with Crippen LogP contribution in [0.2, 0.25) is 5.02 Å². The van der Waals surface area contributed by atoms with Crippen molar-refractivity contribution in [3.63, 3.8) is 0 Å². The van der Waals surface area contributed by atoms with Crippen LogP contribution in [0.25, 0.3) is 10.9 Å². The number of para-hydroxylation sites is 1. The number of hydrogen-bond donors (Lipinski definition) is 0. The lowest BCUT2D eigenvalue weighted by molar-refractivity contribution is 0.0976. The van der Waals surface area contributed by atoms with Crippen LogP contribution in [0.5, 0.6) is 0 Å². The first kappa shape index (κ1) is 14.4. The Hall–Kier alpha value is -2.57. The molecule has 0 radical (unpaired) electrons. The standard InChI is InChI=1S/C18H13ClN2O/c1-21-16-5-3-2-4-13(16)10-17(21)15(11-20)18(22)12-6-8-14(19)9-7-12/h2-10,15H,1H3. The van der Waals surface area contributed by atoms with Gasteiger partial charge in [0.2, 0.25) is 0 Å². The van der Waals surface area contributed by atoms with Crippen LogP contribution in [0, 0.1) is 11.3 Å². The number of Topliss-reactive ketones (excluding diaryl/α,β-unsaturated/α-hetero) is 1. The average Bonchev–Trinajstić information content (AvgIpc) is 2.86. The largest absolute Gasteiger partial charge is 0.346 e. The minimum absolute atomic E-state index is 0.218. The minimum atomic E-state index is -0.835. The fourth-order valence-corrected chi connectivity index (χ4v) is 2.75. The maximum Gasteiger partial charge on any atom is 0.185 e. The maximum absolute atomic E-state index is 12.6. The van der Waals surface area contributed by atoms with Crippen LogP contribution in [-0.4, -0.2) is 10.4 Å². The van der Waals surface area contributed by atoms with E-state index in [1.54, 1.807) is 24.3 Å². The summed E-state index contributed by atoms with van der Waals surface area (Å²) in [6.07, 6.45) is 0. The number of nitriles is 1. The summed E-state index contributed by atoms with van der Waals surface area (Å²) in [5.41, 5.74) is 2.19. The lowest BCUT2D eigenvalue weighted by atomic mass is 9.95. The molecular weight excluding hydrogens is 296 g/mol. The fraction of sp³-hybridized carbons (Fsp3) is 0.111. The molecule has 0 saturated carbocycles. The number of aryl methyl sites for hydroxylation is 1. The minimum Gasteiger partial charge on any atom is -0.346 e. The van der Waals surface area contributed by atoms with E-state index in [-0.39, 0.29) is 5.78 Å². The van der Waals surface area contributed by atoms with Gasteiger partial charge in [-0.15, -0.1) is 0 Å². The quantitative estimate of drug-likeness (QED) is 0.676. The third-order valence-corrected chi connectivity index (χ3v) is 4.06. The van der Waals surface area contributed by atoms with Crippen LogP contribution in [-0.2, 0) is 7.05 Å². The van der Waals surface area contributed by atoms with Crippen molar-refractivity contribution < 1.29 is 4.79 Å². The van der Waals surface area contributed by atoms with Crippen molar-refractivity contribution in [1.82, 2.24) is 4.57 Å². The summed E-state index contributed by atoms with van der Waals surface area (Å²) in [6.45, 7) is 0. The highest BCUT2D eigenvalue weighted by atomic mass is 35.5. The van der Waals surface area contributed by atoms with E-state index in [0.29, 0.717) is 16.3 Å². The second-order valence-electron chi connectivity index (χ2n) is 5.12. The summed E-state index contributed by atoms with van der Waals surface area (Å²) in [6, 6.07) is 18.5. The Morgan fingerprint density at radius 3 is 2.50 bits per heavy atom. The first-order valence-corrected chi connectivity index (χ1v) is 7.23. The van der Waals surface area contributed by atoms with Crippen molar-refractivity contribution >= 4 is 28.3 Å². The van der Waals surface area contributed by atoms with Crippen molar-refractivity contribution in [2.24, 2.45) is 7.05 Å². The van der Waals surface area contributed by atoms with E-state index in [1.807, 2.05) is 41.9 Å². The summed E-state index contributed by atoms with van der Waals surface area (Å²) in [5.74, 6) is -1.05. The van der Waals surface area contributed by atoms with Crippen LogP contribution >= 0.6 is 11.6 Å². The van der Waals surface area contributed by atoms with Crippen LogP contribution in [0.4, 0.5) is 0 Å². The molecule has 0 saturated heterocycles. The number of fused-ring (bicyclic) bond motifs is 1. The molecule has 1 unspecified atom stereocenters. The number of carbonyl (C=O) groups excluding carboxylic acids is 1. The molecule has 0 aliphatic rings. The second-order valence-corrected chi connectivity index (χ2v) is 5.56.